The van der Waals surface area contributed by atoms with Gasteiger partial charge < -0.3 is 10.5 Å². The molecule has 0 unspecified atom stereocenters. The molecule has 0 aliphatic rings. The van der Waals surface area contributed by atoms with Gasteiger partial charge in [-0.15, -0.1) is 12.4 Å². The van der Waals surface area contributed by atoms with E-state index in [2.05, 4.69) is 4.98 Å². The van der Waals surface area contributed by atoms with Crippen LogP contribution in [0.15, 0.2) is 18.3 Å². The predicted octanol–water partition coefficient (Wildman–Crippen LogP) is 2.36. The minimum atomic E-state index is -0.801. The average molecular weight is 279 g/mol. The van der Waals surface area contributed by atoms with Crippen LogP contribution in [-0.2, 0) is 9.53 Å². The highest BCUT2D eigenvalue weighted by Gasteiger charge is 2.36. The number of methoxy groups -OCH3 is 1. The maximum absolute atomic E-state index is 11.6. The topological polar surface area (TPSA) is 65.2 Å². The number of hydrogen-bond acceptors (Lipinski definition) is 4. The standard InChI is InChI=1S/C11H15ClN2O2.ClH/c1-11(2,10(15)16-3)9(13)7-4-5-8(12)14-6-7;/h4-6,9H,13H2,1-3H3;1H/t9-;/m0./s1. The van der Waals surface area contributed by atoms with Gasteiger partial charge in [-0.2, -0.15) is 0 Å². The van der Waals surface area contributed by atoms with E-state index in [9.17, 15) is 4.79 Å². The van der Waals surface area contributed by atoms with Crippen molar-refractivity contribution in [1.29, 1.82) is 0 Å². The number of carbonyl (C=O) groups is 1. The summed E-state index contributed by atoms with van der Waals surface area (Å²) in [6.07, 6.45) is 1.57. The molecule has 0 saturated heterocycles. The lowest BCUT2D eigenvalue weighted by atomic mass is 9.81. The number of aromatic nitrogens is 1. The van der Waals surface area contributed by atoms with Crippen LogP contribution in [0.5, 0.6) is 0 Å². The molecule has 1 aromatic rings. The summed E-state index contributed by atoms with van der Waals surface area (Å²) in [4.78, 5) is 15.5. The van der Waals surface area contributed by atoms with Crippen LogP contribution >= 0.6 is 24.0 Å². The van der Waals surface area contributed by atoms with Gasteiger partial charge in [0.25, 0.3) is 0 Å². The largest absolute Gasteiger partial charge is 0.469 e. The number of hydrogen-bond donors (Lipinski definition) is 1. The van der Waals surface area contributed by atoms with E-state index in [1.807, 2.05) is 0 Å². The van der Waals surface area contributed by atoms with E-state index in [0.29, 0.717) is 5.15 Å². The lowest BCUT2D eigenvalue weighted by molar-refractivity contribution is -0.152. The van der Waals surface area contributed by atoms with E-state index in [1.165, 1.54) is 7.11 Å². The third-order valence-corrected chi connectivity index (χ3v) is 2.82. The molecule has 0 aliphatic carbocycles. The minimum absolute atomic E-state index is 0. The number of nitrogens with zero attached hydrogens (tertiary/aromatic N) is 1. The molecule has 0 amide bonds. The molecule has 6 heteroatoms. The lowest BCUT2D eigenvalue weighted by Gasteiger charge is -2.28. The van der Waals surface area contributed by atoms with Crippen molar-refractivity contribution in [3.8, 4) is 0 Å². The number of nitrogens with two attached hydrogens (primary N) is 1. The fourth-order valence-corrected chi connectivity index (χ4v) is 1.49. The van der Waals surface area contributed by atoms with Gasteiger partial charge in [-0.25, -0.2) is 4.98 Å². The summed E-state index contributed by atoms with van der Waals surface area (Å²) < 4.78 is 4.72. The third-order valence-electron chi connectivity index (χ3n) is 2.60. The molecule has 0 fully saturated rings. The molecule has 0 bridgehead atoms. The fourth-order valence-electron chi connectivity index (χ4n) is 1.38. The van der Waals surface area contributed by atoms with E-state index in [1.54, 1.807) is 32.2 Å². The zero-order valence-electron chi connectivity index (χ0n) is 9.94. The first kappa shape index (κ1) is 16.2. The molecule has 1 rings (SSSR count). The molecule has 1 aromatic heterocycles. The maximum Gasteiger partial charge on any atom is 0.313 e. The average Bonchev–Trinajstić information content (AvgIpc) is 2.28. The second kappa shape index (κ2) is 6.19. The van der Waals surface area contributed by atoms with Crippen LogP contribution in [0.3, 0.4) is 0 Å². The Morgan fingerprint density at radius 2 is 2.12 bits per heavy atom. The van der Waals surface area contributed by atoms with Crippen molar-refractivity contribution in [1.82, 2.24) is 4.98 Å². The van der Waals surface area contributed by atoms with Crippen molar-refractivity contribution in [2.45, 2.75) is 19.9 Å². The summed E-state index contributed by atoms with van der Waals surface area (Å²) in [6, 6.07) is 2.92. The highest BCUT2D eigenvalue weighted by atomic mass is 35.5. The molecule has 96 valence electrons. The Hall–Kier alpha value is -0.840. The van der Waals surface area contributed by atoms with E-state index in [-0.39, 0.29) is 18.4 Å². The van der Waals surface area contributed by atoms with Gasteiger partial charge in [-0.3, -0.25) is 4.79 Å². The van der Waals surface area contributed by atoms with Crippen molar-refractivity contribution >= 4 is 30.0 Å². The Morgan fingerprint density at radius 1 is 1.53 bits per heavy atom. The Kier molecular flexibility index (Phi) is 5.88. The highest BCUT2D eigenvalue weighted by Crippen LogP contribution is 2.32. The van der Waals surface area contributed by atoms with Crippen LogP contribution in [0.2, 0.25) is 5.15 Å². The molecule has 0 aromatic carbocycles. The van der Waals surface area contributed by atoms with Gasteiger partial charge in [0, 0.05) is 12.2 Å². The number of rotatable bonds is 3. The zero-order chi connectivity index (χ0) is 12.3. The Morgan fingerprint density at radius 3 is 2.53 bits per heavy atom. The van der Waals surface area contributed by atoms with Gasteiger partial charge in [0.15, 0.2) is 0 Å². The minimum Gasteiger partial charge on any atom is -0.469 e. The number of halogens is 2. The Balaban J connectivity index is 0.00000256. The van der Waals surface area contributed by atoms with E-state index >= 15 is 0 Å². The highest BCUT2D eigenvalue weighted by molar-refractivity contribution is 6.29. The summed E-state index contributed by atoms with van der Waals surface area (Å²) in [5.41, 5.74) is 5.96. The van der Waals surface area contributed by atoms with Crippen LogP contribution in [-0.4, -0.2) is 18.1 Å². The second-order valence-corrected chi connectivity index (χ2v) is 4.49. The molecule has 0 radical (unpaired) electrons. The molecule has 0 spiro atoms. The SMILES string of the molecule is COC(=O)C(C)(C)[C@@H](N)c1ccc(Cl)nc1.Cl. The molecule has 2 N–H and O–H groups in total. The van der Waals surface area contributed by atoms with Crippen LogP contribution in [0.25, 0.3) is 0 Å². The number of pyridine rings is 1. The first-order valence-electron chi connectivity index (χ1n) is 4.85. The summed E-state index contributed by atoms with van der Waals surface area (Å²) in [6.45, 7) is 3.47. The van der Waals surface area contributed by atoms with Crippen molar-refractivity contribution in [2.24, 2.45) is 11.1 Å². The van der Waals surface area contributed by atoms with E-state index in [0.717, 1.165) is 5.56 Å². The van der Waals surface area contributed by atoms with Crippen molar-refractivity contribution in [2.75, 3.05) is 7.11 Å². The normalized spacial score (nSPS) is 12.5. The van der Waals surface area contributed by atoms with Gasteiger partial charge in [0.1, 0.15) is 5.15 Å². The first-order chi connectivity index (χ1) is 7.39. The molecular formula is C11H16Cl2N2O2. The lowest BCUT2D eigenvalue weighted by Crippen LogP contribution is -2.37. The molecule has 1 atom stereocenters. The second-order valence-electron chi connectivity index (χ2n) is 4.11. The van der Waals surface area contributed by atoms with Crippen LogP contribution < -0.4 is 5.73 Å². The fraction of sp³-hybridized carbons (Fsp3) is 0.455. The van der Waals surface area contributed by atoms with Gasteiger partial charge >= 0.3 is 5.97 Å². The number of esters is 1. The first-order valence-corrected chi connectivity index (χ1v) is 5.23. The molecule has 0 aliphatic heterocycles. The van der Waals surface area contributed by atoms with Crippen molar-refractivity contribution in [3.63, 3.8) is 0 Å². The van der Waals surface area contributed by atoms with Crippen LogP contribution in [0.1, 0.15) is 25.5 Å². The van der Waals surface area contributed by atoms with Crippen LogP contribution in [0.4, 0.5) is 0 Å². The molecule has 1 heterocycles. The maximum atomic E-state index is 11.6. The molecule has 4 nitrogen and oxygen atoms in total. The van der Waals surface area contributed by atoms with Gasteiger partial charge in [0.2, 0.25) is 0 Å². The van der Waals surface area contributed by atoms with Gasteiger partial charge in [-0.05, 0) is 25.5 Å². The monoisotopic (exact) mass is 278 g/mol. The summed E-state index contributed by atoms with van der Waals surface area (Å²) in [5, 5.41) is 0.395. The Labute approximate surface area is 112 Å². The number of ether oxygens (including phenoxy) is 1. The Bertz CT molecular complexity index is 380. The van der Waals surface area contributed by atoms with Crippen LogP contribution in [0, 0.1) is 5.41 Å². The molecule has 0 saturated carbocycles. The molecule has 17 heavy (non-hydrogen) atoms. The summed E-state index contributed by atoms with van der Waals surface area (Å²) in [7, 11) is 1.34. The summed E-state index contributed by atoms with van der Waals surface area (Å²) in [5.74, 6) is -0.352. The zero-order valence-corrected chi connectivity index (χ0v) is 11.5. The van der Waals surface area contributed by atoms with Crippen molar-refractivity contribution in [3.05, 3.63) is 29.0 Å². The van der Waals surface area contributed by atoms with E-state index < -0.39 is 11.5 Å². The smallest absolute Gasteiger partial charge is 0.313 e. The third kappa shape index (κ3) is 3.56. The van der Waals surface area contributed by atoms with Crippen molar-refractivity contribution < 1.29 is 9.53 Å². The molecular weight excluding hydrogens is 263 g/mol. The van der Waals surface area contributed by atoms with E-state index in [4.69, 9.17) is 22.1 Å². The van der Waals surface area contributed by atoms with Gasteiger partial charge in [-0.1, -0.05) is 17.7 Å². The number of carbonyl (C=O) groups excluding carboxylic acids is 1. The quantitative estimate of drug-likeness (QED) is 0.681. The summed E-state index contributed by atoms with van der Waals surface area (Å²) >= 11 is 5.68. The van der Waals surface area contributed by atoms with Gasteiger partial charge in [0.05, 0.1) is 12.5 Å². The predicted molar refractivity (Wildman–Crippen MR) is 69.2 cm³/mol.